The SMILES string of the molecule is CCOCC1=C(OCC)[C@H]2[C@@H](C1=O)[C@@H]1C=C[C@H]2O1. The molecule has 2 bridgehead atoms. The number of ether oxygens (including phenoxy) is 3. The second-order valence-electron chi connectivity index (χ2n) is 4.78. The molecular weight excluding hydrogens is 232 g/mol. The molecule has 3 rings (SSSR count). The summed E-state index contributed by atoms with van der Waals surface area (Å²) in [6.45, 7) is 5.40. The highest BCUT2D eigenvalue weighted by molar-refractivity contribution is 6.02. The lowest BCUT2D eigenvalue weighted by Crippen LogP contribution is -2.27. The summed E-state index contributed by atoms with van der Waals surface area (Å²) in [6, 6.07) is 0. The Kier molecular flexibility index (Phi) is 2.99. The molecule has 4 nitrogen and oxygen atoms in total. The van der Waals surface area contributed by atoms with Crippen LogP contribution in [0.1, 0.15) is 13.8 Å². The van der Waals surface area contributed by atoms with Crippen molar-refractivity contribution in [3.8, 4) is 0 Å². The molecule has 18 heavy (non-hydrogen) atoms. The molecule has 2 heterocycles. The number of Topliss-reactive ketones (excluding diaryl/α,β-unsaturated/α-hetero) is 1. The van der Waals surface area contributed by atoms with Crippen LogP contribution in [-0.4, -0.2) is 37.8 Å². The van der Waals surface area contributed by atoms with Crippen molar-refractivity contribution in [2.45, 2.75) is 26.1 Å². The van der Waals surface area contributed by atoms with Gasteiger partial charge in [0, 0.05) is 6.61 Å². The molecule has 0 radical (unpaired) electrons. The third-order valence-electron chi connectivity index (χ3n) is 3.85. The van der Waals surface area contributed by atoms with Gasteiger partial charge in [-0.2, -0.15) is 0 Å². The van der Waals surface area contributed by atoms with Crippen molar-refractivity contribution in [3.05, 3.63) is 23.5 Å². The number of carbonyl (C=O) groups is 1. The lowest BCUT2D eigenvalue weighted by molar-refractivity contribution is -0.120. The maximum absolute atomic E-state index is 12.4. The largest absolute Gasteiger partial charge is 0.497 e. The fraction of sp³-hybridized carbons (Fsp3) is 0.643. The fourth-order valence-corrected chi connectivity index (χ4v) is 3.14. The second kappa shape index (κ2) is 4.52. The van der Waals surface area contributed by atoms with E-state index >= 15 is 0 Å². The zero-order valence-corrected chi connectivity index (χ0v) is 10.7. The molecule has 0 aromatic heterocycles. The predicted octanol–water partition coefficient (Wildman–Crippen LogP) is 1.47. The third-order valence-corrected chi connectivity index (χ3v) is 3.85. The van der Waals surface area contributed by atoms with Crippen LogP contribution in [0.3, 0.4) is 0 Å². The van der Waals surface area contributed by atoms with Crippen LogP contribution in [0.5, 0.6) is 0 Å². The Bertz CT molecular complexity index is 424. The van der Waals surface area contributed by atoms with E-state index in [1.807, 2.05) is 26.0 Å². The van der Waals surface area contributed by atoms with Crippen LogP contribution in [-0.2, 0) is 19.0 Å². The lowest BCUT2D eigenvalue weighted by Gasteiger charge is -2.19. The monoisotopic (exact) mass is 250 g/mol. The van der Waals surface area contributed by atoms with Gasteiger partial charge in [0.25, 0.3) is 0 Å². The molecular formula is C14H18O4. The Labute approximate surface area is 107 Å². The standard InChI is InChI=1S/C14H18O4/c1-3-16-7-8-13(15)11-9-5-6-10(18-9)12(11)14(8)17-4-2/h5-6,9-12H,3-4,7H2,1-2H3/t9-,10+,11-,12+/m0/s1. The van der Waals surface area contributed by atoms with E-state index < -0.39 is 0 Å². The Morgan fingerprint density at radius 3 is 2.56 bits per heavy atom. The Morgan fingerprint density at radius 2 is 1.89 bits per heavy atom. The average molecular weight is 250 g/mol. The van der Waals surface area contributed by atoms with Gasteiger partial charge in [0.15, 0.2) is 5.78 Å². The topological polar surface area (TPSA) is 44.8 Å². The quantitative estimate of drug-likeness (QED) is 0.693. The highest BCUT2D eigenvalue weighted by atomic mass is 16.5. The van der Waals surface area contributed by atoms with Crippen molar-refractivity contribution < 1.29 is 19.0 Å². The van der Waals surface area contributed by atoms with Crippen molar-refractivity contribution >= 4 is 5.78 Å². The van der Waals surface area contributed by atoms with Gasteiger partial charge in [-0.25, -0.2) is 0 Å². The van der Waals surface area contributed by atoms with E-state index in [2.05, 4.69) is 0 Å². The third kappa shape index (κ3) is 1.56. The van der Waals surface area contributed by atoms with Crippen LogP contribution in [0.4, 0.5) is 0 Å². The summed E-state index contributed by atoms with van der Waals surface area (Å²) in [5, 5.41) is 0. The molecule has 3 aliphatic rings. The van der Waals surface area contributed by atoms with E-state index in [0.29, 0.717) is 19.8 Å². The summed E-state index contributed by atoms with van der Waals surface area (Å²) in [7, 11) is 0. The maximum atomic E-state index is 12.4. The van der Waals surface area contributed by atoms with Gasteiger partial charge in [0.2, 0.25) is 0 Å². The highest BCUT2D eigenvalue weighted by Gasteiger charge is 2.57. The summed E-state index contributed by atoms with van der Waals surface area (Å²) >= 11 is 0. The van der Waals surface area contributed by atoms with Crippen molar-refractivity contribution in [2.75, 3.05) is 19.8 Å². The molecule has 1 saturated heterocycles. The van der Waals surface area contributed by atoms with E-state index in [4.69, 9.17) is 14.2 Å². The number of hydrogen-bond acceptors (Lipinski definition) is 4. The minimum Gasteiger partial charge on any atom is -0.497 e. The van der Waals surface area contributed by atoms with Crippen LogP contribution in [0.25, 0.3) is 0 Å². The first-order valence-corrected chi connectivity index (χ1v) is 6.59. The van der Waals surface area contributed by atoms with Crippen molar-refractivity contribution in [3.63, 3.8) is 0 Å². The van der Waals surface area contributed by atoms with Crippen LogP contribution in [0.15, 0.2) is 23.5 Å². The summed E-state index contributed by atoms with van der Waals surface area (Å²) in [4.78, 5) is 12.4. The maximum Gasteiger partial charge on any atom is 0.171 e. The first kappa shape index (κ1) is 11.9. The van der Waals surface area contributed by atoms with Gasteiger partial charge in [0.1, 0.15) is 5.76 Å². The fourth-order valence-electron chi connectivity index (χ4n) is 3.14. The molecule has 0 aromatic carbocycles. The molecule has 0 aromatic rings. The molecule has 0 spiro atoms. The van der Waals surface area contributed by atoms with Crippen LogP contribution in [0, 0.1) is 11.8 Å². The summed E-state index contributed by atoms with van der Waals surface area (Å²) in [5.74, 6) is 0.937. The molecule has 1 aliphatic carbocycles. The van der Waals surface area contributed by atoms with Gasteiger partial charge >= 0.3 is 0 Å². The zero-order chi connectivity index (χ0) is 12.7. The van der Waals surface area contributed by atoms with Gasteiger partial charge in [-0.05, 0) is 13.8 Å². The number of hydrogen-bond donors (Lipinski definition) is 0. The average Bonchev–Trinajstić information content (AvgIpc) is 3.02. The molecule has 4 heteroatoms. The molecule has 0 N–H and O–H groups in total. The highest BCUT2D eigenvalue weighted by Crippen LogP contribution is 2.49. The molecule has 0 saturated carbocycles. The van der Waals surface area contributed by atoms with E-state index in [1.165, 1.54) is 0 Å². The molecule has 2 aliphatic heterocycles. The number of ketones is 1. The number of carbonyl (C=O) groups excluding carboxylic acids is 1. The first-order chi connectivity index (χ1) is 8.77. The molecule has 0 amide bonds. The Balaban J connectivity index is 1.91. The molecule has 98 valence electrons. The van der Waals surface area contributed by atoms with E-state index in [9.17, 15) is 4.79 Å². The smallest absolute Gasteiger partial charge is 0.171 e. The molecule has 0 unspecified atom stereocenters. The zero-order valence-electron chi connectivity index (χ0n) is 10.7. The summed E-state index contributed by atoms with van der Waals surface area (Å²) in [5.41, 5.74) is 0.718. The normalized spacial score (nSPS) is 36.7. The molecule has 1 fully saturated rings. The van der Waals surface area contributed by atoms with Crippen LogP contribution in [0.2, 0.25) is 0 Å². The van der Waals surface area contributed by atoms with Gasteiger partial charge in [-0.15, -0.1) is 0 Å². The second-order valence-corrected chi connectivity index (χ2v) is 4.78. The Hall–Kier alpha value is -1.13. The summed E-state index contributed by atoms with van der Waals surface area (Å²) < 4.78 is 16.9. The lowest BCUT2D eigenvalue weighted by atomic mass is 9.84. The van der Waals surface area contributed by atoms with E-state index in [0.717, 1.165) is 11.3 Å². The van der Waals surface area contributed by atoms with E-state index in [1.54, 1.807) is 0 Å². The summed E-state index contributed by atoms with van der Waals surface area (Å²) in [6.07, 6.45) is 3.98. The van der Waals surface area contributed by atoms with E-state index in [-0.39, 0.29) is 29.8 Å². The van der Waals surface area contributed by atoms with Crippen molar-refractivity contribution in [1.29, 1.82) is 0 Å². The van der Waals surface area contributed by atoms with Crippen LogP contribution >= 0.6 is 0 Å². The van der Waals surface area contributed by atoms with Crippen molar-refractivity contribution in [1.82, 2.24) is 0 Å². The van der Waals surface area contributed by atoms with Crippen LogP contribution < -0.4 is 0 Å². The van der Waals surface area contributed by atoms with Crippen molar-refractivity contribution in [2.24, 2.45) is 11.8 Å². The van der Waals surface area contributed by atoms with Gasteiger partial charge in [0.05, 0.1) is 42.8 Å². The minimum atomic E-state index is -0.0861. The Morgan fingerprint density at radius 1 is 1.17 bits per heavy atom. The van der Waals surface area contributed by atoms with Gasteiger partial charge in [-0.3, -0.25) is 4.79 Å². The number of fused-ring (bicyclic) bond motifs is 5. The first-order valence-electron chi connectivity index (χ1n) is 6.59. The minimum absolute atomic E-state index is 0.00428. The predicted molar refractivity (Wildman–Crippen MR) is 64.9 cm³/mol. The van der Waals surface area contributed by atoms with Gasteiger partial charge < -0.3 is 14.2 Å². The number of rotatable bonds is 5. The van der Waals surface area contributed by atoms with Gasteiger partial charge in [-0.1, -0.05) is 12.2 Å². The molecule has 4 atom stereocenters.